The largest absolute Gasteiger partial charge is 0.484 e. The Bertz CT molecular complexity index is 880. The van der Waals surface area contributed by atoms with E-state index in [1.807, 2.05) is 6.07 Å². The Morgan fingerprint density at radius 1 is 1.00 bits per heavy atom. The number of ether oxygens (including phenoxy) is 1. The van der Waals surface area contributed by atoms with Crippen molar-refractivity contribution in [2.75, 3.05) is 6.61 Å². The lowest BCUT2D eigenvalue weighted by Crippen LogP contribution is -2.48. The Morgan fingerprint density at radius 3 is 2.26 bits per heavy atom. The number of nitrogens with two attached hydrogens (primary N) is 1. The maximum atomic E-state index is 13.6. The average Bonchev–Trinajstić information content (AvgIpc) is 3.30. The minimum atomic E-state index is -0.538. The first-order valence-electron chi connectivity index (χ1n) is 11.4. The van der Waals surface area contributed by atoms with Gasteiger partial charge in [0.1, 0.15) is 5.75 Å². The van der Waals surface area contributed by atoms with E-state index in [1.54, 1.807) is 24.3 Å². The molecule has 0 unspecified atom stereocenters. The molecule has 2 aromatic rings. The highest BCUT2D eigenvalue weighted by Crippen LogP contribution is 2.32. The topological polar surface area (TPSA) is 98.7 Å². The molecule has 2 fully saturated rings. The highest BCUT2D eigenvalue weighted by molar-refractivity contribution is 5.93. The van der Waals surface area contributed by atoms with Crippen LogP contribution in [0.1, 0.15) is 74.7 Å². The van der Waals surface area contributed by atoms with E-state index in [2.05, 4.69) is 10.1 Å². The molecule has 7 nitrogen and oxygen atoms in total. The number of aromatic nitrogens is 1. The minimum absolute atomic E-state index is 0.0186. The lowest BCUT2D eigenvalue weighted by Gasteiger charge is -2.41. The van der Waals surface area contributed by atoms with Gasteiger partial charge in [0.2, 0.25) is 0 Å². The zero-order valence-corrected chi connectivity index (χ0v) is 17.9. The third kappa shape index (κ3) is 5.27. The molecular formula is C24H31N3O4. The first-order chi connectivity index (χ1) is 15.1. The number of carbonyl (C=O) groups is 2. The molecule has 2 aliphatic rings. The van der Waals surface area contributed by atoms with Crippen LogP contribution in [0.5, 0.6) is 5.75 Å². The van der Waals surface area contributed by atoms with E-state index in [0.29, 0.717) is 29.3 Å². The summed E-state index contributed by atoms with van der Waals surface area (Å²) in [5, 5.41) is 4.13. The molecule has 0 saturated heterocycles. The van der Waals surface area contributed by atoms with Crippen molar-refractivity contribution < 1.29 is 18.8 Å². The average molecular weight is 426 g/mol. The molecule has 2 saturated carbocycles. The number of nitrogens with zero attached hydrogens (tertiary/aromatic N) is 2. The van der Waals surface area contributed by atoms with Crippen molar-refractivity contribution in [2.45, 2.75) is 76.3 Å². The van der Waals surface area contributed by atoms with Gasteiger partial charge in [0.05, 0.1) is 0 Å². The highest BCUT2D eigenvalue weighted by atomic mass is 16.5. The summed E-state index contributed by atoms with van der Waals surface area (Å²) in [5.74, 6) is 0.449. The summed E-state index contributed by atoms with van der Waals surface area (Å²) >= 11 is 0. The van der Waals surface area contributed by atoms with Crippen LogP contribution in [-0.4, -0.2) is 40.6 Å². The van der Waals surface area contributed by atoms with Crippen LogP contribution in [0, 0.1) is 0 Å². The summed E-state index contributed by atoms with van der Waals surface area (Å²) in [6.45, 7) is -0.193. The van der Waals surface area contributed by atoms with Crippen molar-refractivity contribution in [3.05, 3.63) is 36.0 Å². The SMILES string of the molecule is NC(=O)COc1cccc(-c2cc(C(=O)N(C3CCCCC3)C3CCCCC3)no2)c1. The number of carbonyl (C=O) groups excluding carboxylic acids is 2. The van der Waals surface area contributed by atoms with E-state index in [0.717, 1.165) is 31.2 Å². The Kier molecular flexibility index (Phi) is 6.89. The predicted octanol–water partition coefficient (Wildman–Crippen LogP) is 4.31. The van der Waals surface area contributed by atoms with Gasteiger partial charge in [-0.2, -0.15) is 0 Å². The molecule has 1 aromatic carbocycles. The number of amides is 2. The lowest BCUT2D eigenvalue weighted by atomic mass is 9.88. The summed E-state index contributed by atoms with van der Waals surface area (Å²) in [6, 6.07) is 9.46. The molecule has 1 aromatic heterocycles. The van der Waals surface area contributed by atoms with Crippen molar-refractivity contribution in [2.24, 2.45) is 5.73 Å². The fourth-order valence-electron chi connectivity index (χ4n) is 4.89. The van der Waals surface area contributed by atoms with E-state index < -0.39 is 5.91 Å². The number of hydrogen-bond acceptors (Lipinski definition) is 5. The maximum Gasteiger partial charge on any atom is 0.276 e. The molecule has 0 atom stereocenters. The third-order valence-corrected chi connectivity index (χ3v) is 6.40. The molecule has 0 spiro atoms. The van der Waals surface area contributed by atoms with Crippen LogP contribution in [0.15, 0.2) is 34.9 Å². The van der Waals surface area contributed by atoms with Gasteiger partial charge >= 0.3 is 0 Å². The molecule has 0 radical (unpaired) electrons. The van der Waals surface area contributed by atoms with Gasteiger partial charge in [-0.15, -0.1) is 0 Å². The fourth-order valence-corrected chi connectivity index (χ4v) is 4.89. The van der Waals surface area contributed by atoms with Crippen LogP contribution in [0.3, 0.4) is 0 Å². The third-order valence-electron chi connectivity index (χ3n) is 6.40. The zero-order valence-electron chi connectivity index (χ0n) is 17.9. The van der Waals surface area contributed by atoms with Crippen LogP contribution < -0.4 is 10.5 Å². The molecule has 7 heteroatoms. The Hall–Kier alpha value is -2.83. The second-order valence-corrected chi connectivity index (χ2v) is 8.66. The van der Waals surface area contributed by atoms with E-state index in [1.165, 1.54) is 38.5 Å². The monoisotopic (exact) mass is 425 g/mol. The molecular weight excluding hydrogens is 394 g/mol. The predicted molar refractivity (Wildman–Crippen MR) is 117 cm³/mol. The normalized spacial score (nSPS) is 17.9. The molecule has 166 valence electrons. The molecule has 31 heavy (non-hydrogen) atoms. The Balaban J connectivity index is 1.54. The molecule has 2 N–H and O–H groups in total. The maximum absolute atomic E-state index is 13.6. The van der Waals surface area contributed by atoms with Crippen molar-refractivity contribution in [3.63, 3.8) is 0 Å². The molecule has 2 amide bonds. The number of rotatable bonds is 7. The standard InChI is InChI=1S/C24H31N3O4/c25-23(28)16-30-20-13-7-8-17(14-20)22-15-21(26-31-22)24(29)27(18-9-3-1-4-10-18)19-11-5-2-6-12-19/h7-8,13-15,18-19H,1-6,9-12,16H2,(H2,25,28). The Morgan fingerprint density at radius 2 is 1.65 bits per heavy atom. The van der Waals surface area contributed by atoms with Crippen LogP contribution >= 0.6 is 0 Å². The van der Waals surface area contributed by atoms with E-state index in [4.69, 9.17) is 15.0 Å². The van der Waals surface area contributed by atoms with Crippen LogP contribution in [-0.2, 0) is 4.79 Å². The second kappa shape index (κ2) is 9.98. The Labute approximate surface area is 182 Å². The zero-order chi connectivity index (χ0) is 21.6. The summed E-state index contributed by atoms with van der Waals surface area (Å²) < 4.78 is 10.9. The summed E-state index contributed by atoms with van der Waals surface area (Å²) in [4.78, 5) is 26.6. The summed E-state index contributed by atoms with van der Waals surface area (Å²) in [7, 11) is 0. The van der Waals surface area contributed by atoms with Gasteiger partial charge in [0, 0.05) is 23.7 Å². The number of hydrogen-bond donors (Lipinski definition) is 1. The van der Waals surface area contributed by atoms with Crippen molar-refractivity contribution in [3.8, 4) is 17.1 Å². The number of benzene rings is 1. The smallest absolute Gasteiger partial charge is 0.276 e. The van der Waals surface area contributed by atoms with Crippen LogP contribution in [0.2, 0.25) is 0 Å². The van der Waals surface area contributed by atoms with Gasteiger partial charge in [-0.05, 0) is 37.8 Å². The van der Waals surface area contributed by atoms with Gasteiger partial charge in [-0.3, -0.25) is 9.59 Å². The van der Waals surface area contributed by atoms with Crippen LogP contribution in [0.25, 0.3) is 11.3 Å². The highest BCUT2D eigenvalue weighted by Gasteiger charge is 2.34. The van der Waals surface area contributed by atoms with Crippen molar-refractivity contribution >= 4 is 11.8 Å². The molecule has 4 rings (SSSR count). The fraction of sp³-hybridized carbons (Fsp3) is 0.542. The summed E-state index contributed by atoms with van der Waals surface area (Å²) in [6.07, 6.45) is 11.5. The van der Waals surface area contributed by atoms with Crippen molar-refractivity contribution in [1.82, 2.24) is 10.1 Å². The molecule has 0 aliphatic heterocycles. The molecule has 1 heterocycles. The summed E-state index contributed by atoms with van der Waals surface area (Å²) in [5.41, 5.74) is 6.23. The van der Waals surface area contributed by atoms with Gasteiger partial charge in [0.25, 0.3) is 11.8 Å². The minimum Gasteiger partial charge on any atom is -0.484 e. The van der Waals surface area contributed by atoms with Gasteiger partial charge in [-0.25, -0.2) is 0 Å². The number of primary amides is 1. The molecule has 0 bridgehead atoms. The lowest BCUT2D eigenvalue weighted by molar-refractivity contribution is -0.119. The van der Waals surface area contributed by atoms with Crippen molar-refractivity contribution in [1.29, 1.82) is 0 Å². The second-order valence-electron chi connectivity index (χ2n) is 8.66. The van der Waals surface area contributed by atoms with Gasteiger partial charge in [-0.1, -0.05) is 55.8 Å². The first kappa shape index (κ1) is 21.4. The molecule has 2 aliphatic carbocycles. The van der Waals surface area contributed by atoms with Gasteiger partial charge in [0.15, 0.2) is 18.1 Å². The van der Waals surface area contributed by atoms with E-state index >= 15 is 0 Å². The van der Waals surface area contributed by atoms with Crippen LogP contribution in [0.4, 0.5) is 0 Å². The van der Waals surface area contributed by atoms with E-state index in [9.17, 15) is 9.59 Å². The first-order valence-corrected chi connectivity index (χ1v) is 11.4. The quantitative estimate of drug-likeness (QED) is 0.712. The van der Waals surface area contributed by atoms with E-state index in [-0.39, 0.29) is 12.5 Å². The van der Waals surface area contributed by atoms with Gasteiger partial charge < -0.3 is 19.9 Å².